The first-order valence-electron chi connectivity index (χ1n) is 14.8. The molecule has 1 saturated heterocycles. The van der Waals surface area contributed by atoms with E-state index in [9.17, 15) is 9.90 Å². The first kappa shape index (κ1) is 31.0. The maximum absolute atomic E-state index is 12.7. The first-order valence-corrected chi connectivity index (χ1v) is 14.8. The monoisotopic (exact) mass is 624 g/mol. The summed E-state index contributed by atoms with van der Waals surface area (Å²) in [5.41, 5.74) is 1.60. The number of aromatic amines is 1. The first-order chi connectivity index (χ1) is 22.3. The third kappa shape index (κ3) is 5.97. The van der Waals surface area contributed by atoms with Crippen LogP contribution in [0.5, 0.6) is 11.5 Å². The van der Waals surface area contributed by atoms with Crippen LogP contribution in [0.1, 0.15) is 29.3 Å². The SMILES string of the molecule is COc1ccc(C(OC[C@H]2O[C@@H](n3cnc4c(=O)[nH]c(/N=C\N(C)C)nc43)CC2O)(c2ccccc2)c2ccc(OC)cc2)cc1. The molecular weight excluding hydrogens is 588 g/mol. The molecule has 5 aromatic rings. The maximum Gasteiger partial charge on any atom is 0.280 e. The van der Waals surface area contributed by atoms with E-state index >= 15 is 0 Å². The molecule has 238 valence electrons. The Balaban J connectivity index is 1.35. The van der Waals surface area contributed by atoms with E-state index in [1.807, 2.05) is 93.0 Å². The average Bonchev–Trinajstić information content (AvgIpc) is 3.68. The van der Waals surface area contributed by atoms with Crippen molar-refractivity contribution in [2.75, 3.05) is 34.9 Å². The number of imidazole rings is 1. The largest absolute Gasteiger partial charge is 0.497 e. The highest BCUT2D eigenvalue weighted by atomic mass is 16.6. The van der Waals surface area contributed by atoms with E-state index in [1.165, 1.54) is 6.33 Å². The van der Waals surface area contributed by atoms with Gasteiger partial charge in [-0.1, -0.05) is 54.6 Å². The number of hydrogen-bond acceptors (Lipinski definition) is 9. The molecule has 0 saturated carbocycles. The van der Waals surface area contributed by atoms with Gasteiger partial charge >= 0.3 is 0 Å². The summed E-state index contributed by atoms with van der Waals surface area (Å²) in [6.07, 6.45) is 1.08. The average molecular weight is 625 g/mol. The summed E-state index contributed by atoms with van der Waals surface area (Å²) >= 11 is 0. The summed E-state index contributed by atoms with van der Waals surface area (Å²) in [6, 6.07) is 25.4. The number of aromatic nitrogens is 4. The summed E-state index contributed by atoms with van der Waals surface area (Å²) in [4.78, 5) is 30.1. The number of rotatable bonds is 11. The number of hydrogen-bond donors (Lipinski definition) is 2. The summed E-state index contributed by atoms with van der Waals surface area (Å²) in [5.74, 6) is 1.57. The molecule has 3 atom stereocenters. The Morgan fingerprint density at radius 2 is 1.61 bits per heavy atom. The molecule has 1 aliphatic rings. The van der Waals surface area contributed by atoms with E-state index in [0.29, 0.717) is 17.1 Å². The van der Waals surface area contributed by atoms with E-state index < -0.39 is 29.6 Å². The van der Waals surface area contributed by atoms with Crippen molar-refractivity contribution < 1.29 is 24.1 Å². The molecule has 2 N–H and O–H groups in total. The lowest BCUT2D eigenvalue weighted by Gasteiger charge is -2.37. The highest BCUT2D eigenvalue weighted by Gasteiger charge is 2.42. The van der Waals surface area contributed by atoms with Crippen LogP contribution in [-0.2, 0) is 15.1 Å². The van der Waals surface area contributed by atoms with Gasteiger partial charge < -0.3 is 29.0 Å². The van der Waals surface area contributed by atoms with Crippen LogP contribution < -0.4 is 15.0 Å². The van der Waals surface area contributed by atoms with Crippen LogP contribution >= 0.6 is 0 Å². The molecule has 0 aliphatic carbocycles. The van der Waals surface area contributed by atoms with E-state index in [-0.39, 0.29) is 24.5 Å². The zero-order valence-corrected chi connectivity index (χ0v) is 26.0. The Kier molecular flexibility index (Phi) is 8.84. The number of aliphatic imine (C=N–C) groups is 1. The van der Waals surface area contributed by atoms with E-state index in [4.69, 9.17) is 18.9 Å². The normalized spacial score (nSPS) is 18.3. The molecule has 0 amide bonds. The van der Waals surface area contributed by atoms with Gasteiger partial charge in [-0.15, -0.1) is 0 Å². The number of ether oxygens (including phenoxy) is 4. The number of aliphatic hydroxyl groups excluding tert-OH is 1. The summed E-state index contributed by atoms with van der Waals surface area (Å²) in [6.45, 7) is 0.0453. The van der Waals surface area contributed by atoms with Crippen molar-refractivity contribution in [1.82, 2.24) is 24.4 Å². The molecule has 12 nitrogen and oxygen atoms in total. The second-order valence-electron chi connectivity index (χ2n) is 11.2. The van der Waals surface area contributed by atoms with Crippen LogP contribution in [0.15, 0.2) is 95.0 Å². The fraction of sp³-hybridized carbons (Fsp3) is 0.294. The molecule has 0 bridgehead atoms. The van der Waals surface area contributed by atoms with Crippen LogP contribution in [0.25, 0.3) is 11.2 Å². The molecule has 3 heterocycles. The summed E-state index contributed by atoms with van der Waals surface area (Å²) < 4.78 is 25.9. The van der Waals surface area contributed by atoms with Gasteiger partial charge in [0.15, 0.2) is 11.2 Å². The summed E-state index contributed by atoms with van der Waals surface area (Å²) in [7, 11) is 6.88. The Bertz CT molecular complexity index is 1810. The van der Waals surface area contributed by atoms with Gasteiger partial charge in [0, 0.05) is 20.5 Å². The van der Waals surface area contributed by atoms with Crippen molar-refractivity contribution >= 4 is 23.5 Å². The predicted molar refractivity (Wildman–Crippen MR) is 173 cm³/mol. The van der Waals surface area contributed by atoms with E-state index in [2.05, 4.69) is 19.9 Å². The van der Waals surface area contributed by atoms with Crippen LogP contribution in [0.4, 0.5) is 5.95 Å². The number of methoxy groups -OCH3 is 2. The van der Waals surface area contributed by atoms with Crippen LogP contribution in [0.3, 0.4) is 0 Å². The molecule has 1 aliphatic heterocycles. The zero-order valence-electron chi connectivity index (χ0n) is 26.0. The zero-order chi connectivity index (χ0) is 32.3. The lowest BCUT2D eigenvalue weighted by molar-refractivity contribution is -0.0931. The standard InChI is InChI=1S/C34H36N6O6/c1-39(2)20-36-33-37-31-30(32(42)38-33)35-21-40(31)29-18-27(41)28(46-29)19-45-34(22-8-6-5-7-9-22,23-10-14-25(43-3)15-11-23)24-12-16-26(44-4)17-13-24/h5-17,20-21,27-29,41H,18-19H2,1-4H3,(H,37,38,42)/b36-20-/t27?,28-,29-/m1/s1. The molecule has 12 heteroatoms. The Morgan fingerprint density at radius 3 is 2.20 bits per heavy atom. The second kappa shape index (κ2) is 13.1. The number of fused-ring (bicyclic) bond motifs is 1. The molecule has 6 rings (SSSR count). The molecule has 2 aromatic heterocycles. The van der Waals surface area contributed by atoms with Gasteiger partial charge in [-0.05, 0) is 41.0 Å². The van der Waals surface area contributed by atoms with Crippen LogP contribution in [-0.4, -0.2) is 83.0 Å². The fourth-order valence-corrected chi connectivity index (χ4v) is 5.67. The molecular formula is C34H36N6O6. The molecule has 0 spiro atoms. The summed E-state index contributed by atoms with van der Waals surface area (Å²) in [5, 5.41) is 11.2. The van der Waals surface area contributed by atoms with Crippen molar-refractivity contribution in [2.24, 2.45) is 4.99 Å². The Morgan fingerprint density at radius 1 is 1.00 bits per heavy atom. The van der Waals surface area contributed by atoms with Crippen molar-refractivity contribution in [2.45, 2.75) is 30.5 Å². The smallest absolute Gasteiger partial charge is 0.280 e. The number of nitrogens with one attached hydrogen (secondary N) is 1. The maximum atomic E-state index is 12.7. The third-order valence-electron chi connectivity index (χ3n) is 7.98. The highest BCUT2D eigenvalue weighted by Crippen LogP contribution is 2.43. The topological polar surface area (TPSA) is 136 Å². The third-order valence-corrected chi connectivity index (χ3v) is 7.98. The van der Waals surface area contributed by atoms with E-state index in [1.54, 1.807) is 30.0 Å². The van der Waals surface area contributed by atoms with Gasteiger partial charge in [0.1, 0.15) is 29.4 Å². The molecule has 0 radical (unpaired) electrons. The minimum atomic E-state index is -1.07. The molecule has 1 unspecified atom stereocenters. The van der Waals surface area contributed by atoms with Gasteiger partial charge in [0.25, 0.3) is 5.56 Å². The van der Waals surface area contributed by atoms with Gasteiger partial charge in [0.05, 0.1) is 39.6 Å². The van der Waals surface area contributed by atoms with E-state index in [0.717, 1.165) is 16.7 Å². The molecule has 3 aromatic carbocycles. The quantitative estimate of drug-likeness (QED) is 0.127. The highest BCUT2D eigenvalue weighted by molar-refractivity contribution is 5.71. The number of benzene rings is 3. The second-order valence-corrected chi connectivity index (χ2v) is 11.2. The van der Waals surface area contributed by atoms with Gasteiger partial charge in [-0.3, -0.25) is 14.3 Å². The van der Waals surface area contributed by atoms with Crippen LogP contribution in [0, 0.1) is 0 Å². The van der Waals surface area contributed by atoms with Crippen molar-refractivity contribution in [1.29, 1.82) is 0 Å². The molecule has 46 heavy (non-hydrogen) atoms. The van der Waals surface area contributed by atoms with Crippen LogP contribution in [0.2, 0.25) is 0 Å². The van der Waals surface area contributed by atoms with Crippen molar-refractivity contribution in [3.63, 3.8) is 0 Å². The van der Waals surface area contributed by atoms with Gasteiger partial charge in [-0.25, -0.2) is 9.98 Å². The molecule has 1 fully saturated rings. The number of aliphatic hydroxyl groups is 1. The van der Waals surface area contributed by atoms with Crippen molar-refractivity contribution in [3.8, 4) is 11.5 Å². The Hall–Kier alpha value is -5.04. The van der Waals surface area contributed by atoms with Gasteiger partial charge in [-0.2, -0.15) is 4.98 Å². The predicted octanol–water partition coefficient (Wildman–Crippen LogP) is 4.02. The number of nitrogens with zero attached hydrogens (tertiary/aromatic N) is 5. The Labute approximate surface area is 265 Å². The van der Waals surface area contributed by atoms with Crippen molar-refractivity contribution in [3.05, 3.63) is 112 Å². The van der Waals surface area contributed by atoms with Gasteiger partial charge in [0.2, 0.25) is 5.95 Å². The lowest BCUT2D eigenvalue weighted by atomic mass is 9.80. The fourth-order valence-electron chi connectivity index (χ4n) is 5.67. The minimum absolute atomic E-state index is 0.0453. The lowest BCUT2D eigenvalue weighted by Crippen LogP contribution is -2.38. The number of H-pyrrole nitrogens is 1. The minimum Gasteiger partial charge on any atom is -0.497 e.